The zero-order valence-corrected chi connectivity index (χ0v) is 22.0. The van der Waals surface area contributed by atoms with Gasteiger partial charge in [-0.1, -0.05) is 36.4 Å². The molecule has 3 rings (SSSR count). The molecule has 2 aromatic carbocycles. The molecule has 0 radical (unpaired) electrons. The number of aliphatic imine (C=N–C) groups is 1. The number of hydrogen-bond acceptors (Lipinski definition) is 3. The van der Waals surface area contributed by atoms with Gasteiger partial charge in [0.05, 0.1) is 6.54 Å². The first-order valence-electron chi connectivity index (χ1n) is 10.7. The van der Waals surface area contributed by atoms with Crippen LogP contribution in [0.3, 0.4) is 0 Å². The van der Waals surface area contributed by atoms with Crippen molar-refractivity contribution in [1.82, 2.24) is 25.7 Å². The molecule has 0 aliphatic heterocycles. The summed E-state index contributed by atoms with van der Waals surface area (Å²) in [4.78, 5) is 16.8. The van der Waals surface area contributed by atoms with Gasteiger partial charge in [0.2, 0.25) is 0 Å². The molecule has 0 spiro atoms. The molecule has 0 atom stereocenters. The van der Waals surface area contributed by atoms with Crippen molar-refractivity contribution in [1.29, 1.82) is 0 Å². The maximum atomic E-state index is 12.4. The van der Waals surface area contributed by atoms with Crippen LogP contribution in [0.5, 0.6) is 0 Å². The Morgan fingerprint density at radius 1 is 1.00 bits per heavy atom. The molecule has 8 heteroatoms. The van der Waals surface area contributed by atoms with Gasteiger partial charge in [-0.05, 0) is 55.7 Å². The minimum atomic E-state index is -0.273. The van der Waals surface area contributed by atoms with Crippen LogP contribution in [0.15, 0.2) is 72.0 Å². The highest BCUT2D eigenvalue weighted by Crippen LogP contribution is 2.11. The molecule has 0 unspecified atom stereocenters. The quantitative estimate of drug-likeness (QED) is 0.232. The van der Waals surface area contributed by atoms with E-state index >= 15 is 0 Å². The summed E-state index contributed by atoms with van der Waals surface area (Å²) in [5, 5.41) is 14.0. The topological polar surface area (TPSA) is 83.3 Å². The van der Waals surface area contributed by atoms with Gasteiger partial charge in [-0.25, -0.2) is 0 Å². The van der Waals surface area contributed by atoms with Crippen LogP contribution in [0, 0.1) is 0 Å². The minimum absolute atomic E-state index is 0. The van der Waals surface area contributed by atoms with Crippen molar-refractivity contribution in [3.8, 4) is 0 Å². The van der Waals surface area contributed by atoms with Crippen LogP contribution in [-0.2, 0) is 19.6 Å². The Morgan fingerprint density at radius 2 is 1.73 bits per heavy atom. The summed E-state index contributed by atoms with van der Waals surface area (Å²) in [5.74, 6) is 0.624. The Kier molecular flexibility index (Phi) is 9.90. The SMILES string of the molecule is CN=C(NCc1cccc(C(=O)NC(C)(C)C)c1)NCc1ccccc1Cn1cccn1.I. The predicted octanol–water partition coefficient (Wildman–Crippen LogP) is 3.94. The number of carbonyl (C=O) groups is 1. The molecular formula is C25H33IN6O. The number of guanidine groups is 1. The fraction of sp³-hybridized carbons (Fsp3) is 0.320. The zero-order valence-electron chi connectivity index (χ0n) is 19.6. The molecule has 0 saturated heterocycles. The molecule has 7 nitrogen and oxygen atoms in total. The van der Waals surface area contributed by atoms with Crippen LogP contribution in [0.25, 0.3) is 0 Å². The van der Waals surface area contributed by atoms with Crippen molar-refractivity contribution in [2.45, 2.75) is 45.9 Å². The molecule has 1 aromatic heterocycles. The fourth-order valence-electron chi connectivity index (χ4n) is 3.27. The molecule has 0 fully saturated rings. The molecule has 3 N–H and O–H groups in total. The average Bonchev–Trinajstić information content (AvgIpc) is 3.27. The number of hydrogen-bond donors (Lipinski definition) is 3. The molecule has 0 aliphatic rings. The molecule has 0 saturated carbocycles. The van der Waals surface area contributed by atoms with E-state index in [1.54, 1.807) is 13.2 Å². The lowest BCUT2D eigenvalue weighted by molar-refractivity contribution is 0.0919. The van der Waals surface area contributed by atoms with E-state index in [1.165, 1.54) is 11.1 Å². The maximum absolute atomic E-state index is 12.4. The molecule has 3 aromatic rings. The summed E-state index contributed by atoms with van der Waals surface area (Å²) in [5.41, 5.74) is 3.78. The predicted molar refractivity (Wildman–Crippen MR) is 144 cm³/mol. The lowest BCUT2D eigenvalue weighted by atomic mass is 10.1. The van der Waals surface area contributed by atoms with E-state index < -0.39 is 0 Å². The van der Waals surface area contributed by atoms with Crippen molar-refractivity contribution in [3.63, 3.8) is 0 Å². The molecule has 0 bridgehead atoms. The molecule has 1 amide bonds. The van der Waals surface area contributed by atoms with Crippen molar-refractivity contribution in [3.05, 3.63) is 89.2 Å². The highest BCUT2D eigenvalue weighted by Gasteiger charge is 2.15. The molecular weight excluding hydrogens is 527 g/mol. The van der Waals surface area contributed by atoms with Crippen molar-refractivity contribution < 1.29 is 4.79 Å². The Hall–Kier alpha value is -2.88. The number of carbonyl (C=O) groups excluding carboxylic acids is 1. The Morgan fingerprint density at radius 3 is 2.39 bits per heavy atom. The van der Waals surface area contributed by atoms with E-state index in [-0.39, 0.29) is 35.4 Å². The van der Waals surface area contributed by atoms with E-state index in [1.807, 2.05) is 74.1 Å². The summed E-state index contributed by atoms with van der Waals surface area (Å²) in [7, 11) is 1.75. The monoisotopic (exact) mass is 560 g/mol. The summed E-state index contributed by atoms with van der Waals surface area (Å²) >= 11 is 0. The second-order valence-corrected chi connectivity index (χ2v) is 8.66. The van der Waals surface area contributed by atoms with Crippen molar-refractivity contribution in [2.75, 3.05) is 7.05 Å². The van der Waals surface area contributed by atoms with E-state index in [0.29, 0.717) is 24.6 Å². The fourth-order valence-corrected chi connectivity index (χ4v) is 3.27. The zero-order chi connectivity index (χ0) is 23.0. The first-order chi connectivity index (χ1) is 15.3. The van der Waals surface area contributed by atoms with E-state index in [9.17, 15) is 4.79 Å². The van der Waals surface area contributed by atoms with Gasteiger partial charge in [0.15, 0.2) is 5.96 Å². The smallest absolute Gasteiger partial charge is 0.251 e. The average molecular weight is 560 g/mol. The highest BCUT2D eigenvalue weighted by molar-refractivity contribution is 14.0. The molecule has 0 aliphatic carbocycles. The number of aromatic nitrogens is 2. The van der Waals surface area contributed by atoms with Crippen LogP contribution in [0.1, 0.15) is 47.8 Å². The third kappa shape index (κ3) is 8.53. The van der Waals surface area contributed by atoms with Gasteiger partial charge >= 0.3 is 0 Å². The molecule has 176 valence electrons. The first kappa shape index (κ1) is 26.4. The van der Waals surface area contributed by atoms with Crippen LogP contribution >= 0.6 is 24.0 Å². The maximum Gasteiger partial charge on any atom is 0.251 e. The van der Waals surface area contributed by atoms with Gasteiger partial charge < -0.3 is 16.0 Å². The second-order valence-electron chi connectivity index (χ2n) is 8.66. The summed E-state index contributed by atoms with van der Waals surface area (Å²) in [6.07, 6.45) is 3.74. The normalized spacial score (nSPS) is 11.5. The number of halogens is 1. The van der Waals surface area contributed by atoms with E-state index in [2.05, 4.69) is 38.2 Å². The van der Waals surface area contributed by atoms with Crippen molar-refractivity contribution in [2.24, 2.45) is 4.99 Å². The molecule has 1 heterocycles. The Balaban J connectivity index is 0.00000385. The summed E-state index contributed by atoms with van der Waals surface area (Å²) in [6.45, 7) is 7.84. The third-order valence-electron chi connectivity index (χ3n) is 4.82. The van der Waals surface area contributed by atoms with Gasteiger partial charge in [-0.2, -0.15) is 5.10 Å². The van der Waals surface area contributed by atoms with Gasteiger partial charge in [-0.15, -0.1) is 24.0 Å². The number of nitrogens with one attached hydrogen (secondary N) is 3. The van der Waals surface area contributed by atoms with E-state index in [0.717, 1.165) is 12.1 Å². The largest absolute Gasteiger partial charge is 0.352 e. The second kappa shape index (κ2) is 12.4. The number of benzene rings is 2. The number of rotatable bonds is 7. The highest BCUT2D eigenvalue weighted by atomic mass is 127. The first-order valence-corrected chi connectivity index (χ1v) is 10.7. The van der Waals surface area contributed by atoms with Crippen LogP contribution in [0.4, 0.5) is 0 Å². The van der Waals surface area contributed by atoms with E-state index in [4.69, 9.17) is 0 Å². The number of amides is 1. The minimum Gasteiger partial charge on any atom is -0.352 e. The van der Waals surface area contributed by atoms with Crippen LogP contribution in [-0.4, -0.2) is 34.2 Å². The van der Waals surface area contributed by atoms with Gasteiger partial charge in [0.25, 0.3) is 5.91 Å². The van der Waals surface area contributed by atoms with Gasteiger partial charge in [-0.3, -0.25) is 14.5 Å². The summed E-state index contributed by atoms with van der Waals surface area (Å²) in [6, 6.07) is 17.8. The van der Waals surface area contributed by atoms with Crippen molar-refractivity contribution >= 4 is 35.8 Å². The standard InChI is InChI=1S/C25H32N6O.HI/c1-25(2,3)30-23(32)20-12-7-9-19(15-20)16-27-24(26-4)28-17-21-10-5-6-11-22(21)18-31-14-8-13-29-31;/h5-15H,16-18H2,1-4H3,(H,30,32)(H2,26,27,28);1H. The molecule has 33 heavy (non-hydrogen) atoms. The lowest BCUT2D eigenvalue weighted by Gasteiger charge is -2.20. The summed E-state index contributed by atoms with van der Waals surface area (Å²) < 4.78 is 1.91. The third-order valence-corrected chi connectivity index (χ3v) is 4.82. The van der Waals surface area contributed by atoms with Crippen LogP contribution < -0.4 is 16.0 Å². The van der Waals surface area contributed by atoms with Crippen LogP contribution in [0.2, 0.25) is 0 Å². The Bertz CT molecular complexity index is 1060. The lowest BCUT2D eigenvalue weighted by Crippen LogP contribution is -2.40. The number of nitrogens with zero attached hydrogens (tertiary/aromatic N) is 3. The Labute approximate surface area is 213 Å². The van der Waals surface area contributed by atoms with Gasteiger partial charge in [0, 0.05) is 43.6 Å². The van der Waals surface area contributed by atoms with Gasteiger partial charge in [0.1, 0.15) is 0 Å².